The lowest BCUT2D eigenvalue weighted by atomic mass is 10.2. The van der Waals surface area contributed by atoms with Gasteiger partial charge in [0, 0.05) is 13.0 Å². The van der Waals surface area contributed by atoms with Crippen LogP contribution in [-0.4, -0.2) is 37.2 Å². The first-order valence-corrected chi connectivity index (χ1v) is 11.2. The molecule has 9 heteroatoms. The molecule has 0 aliphatic rings. The Morgan fingerprint density at radius 2 is 1.97 bits per heavy atom. The molecule has 8 nitrogen and oxygen atoms in total. The van der Waals surface area contributed by atoms with Crippen molar-refractivity contribution < 1.29 is 22.7 Å². The second-order valence-corrected chi connectivity index (χ2v) is 8.41. The van der Waals surface area contributed by atoms with E-state index in [9.17, 15) is 13.2 Å². The van der Waals surface area contributed by atoms with E-state index >= 15 is 0 Å². The average Bonchev–Trinajstić information content (AvgIpc) is 3.05. The maximum atomic E-state index is 12.1. The summed E-state index contributed by atoms with van der Waals surface area (Å²) in [6.07, 6.45) is 0.542. The van der Waals surface area contributed by atoms with Gasteiger partial charge in [0.05, 0.1) is 22.3 Å². The Morgan fingerprint density at radius 3 is 2.67 bits per heavy atom. The third-order valence-corrected chi connectivity index (χ3v) is 5.51. The molecule has 3 rings (SSSR count). The fourth-order valence-corrected chi connectivity index (χ4v) is 3.72. The van der Waals surface area contributed by atoms with Gasteiger partial charge in [-0.05, 0) is 49.7 Å². The SMILES string of the molecule is CCn1c(CCC(=O)OCCOc2cccc(C)c2)nc2cc(S(N)(=O)=O)ccc21. The van der Waals surface area contributed by atoms with Crippen molar-refractivity contribution in [2.24, 2.45) is 5.14 Å². The van der Waals surface area contributed by atoms with E-state index in [1.54, 1.807) is 6.07 Å². The zero-order valence-corrected chi connectivity index (χ0v) is 17.8. The van der Waals surface area contributed by atoms with Crippen molar-refractivity contribution in [1.82, 2.24) is 9.55 Å². The molecule has 30 heavy (non-hydrogen) atoms. The Kier molecular flexibility index (Phi) is 6.73. The predicted octanol–water partition coefficient (Wildman–Crippen LogP) is 2.57. The molecule has 0 saturated heterocycles. The summed E-state index contributed by atoms with van der Waals surface area (Å²) in [4.78, 5) is 16.6. The Balaban J connectivity index is 1.56. The smallest absolute Gasteiger partial charge is 0.306 e. The summed E-state index contributed by atoms with van der Waals surface area (Å²) in [5, 5.41) is 5.19. The predicted molar refractivity (Wildman–Crippen MR) is 113 cm³/mol. The van der Waals surface area contributed by atoms with E-state index in [0.717, 1.165) is 16.8 Å². The average molecular weight is 432 g/mol. The molecule has 2 aromatic carbocycles. The lowest BCUT2D eigenvalue weighted by Crippen LogP contribution is -2.13. The number of carbonyl (C=O) groups excluding carboxylic acids is 1. The monoisotopic (exact) mass is 431 g/mol. The molecule has 160 valence electrons. The minimum Gasteiger partial charge on any atom is -0.490 e. The standard InChI is InChI=1S/C21H25N3O5S/c1-3-24-19-8-7-17(30(22,26)27)14-18(19)23-20(24)9-10-21(25)29-12-11-28-16-6-4-5-15(2)13-16/h4-8,13-14H,3,9-12H2,1-2H3,(H2,22,26,27). The molecule has 0 atom stereocenters. The normalized spacial score (nSPS) is 11.6. The van der Waals surface area contributed by atoms with Gasteiger partial charge in [0.1, 0.15) is 24.8 Å². The molecular formula is C21H25N3O5S. The van der Waals surface area contributed by atoms with E-state index in [1.165, 1.54) is 12.1 Å². The second kappa shape index (κ2) is 9.27. The van der Waals surface area contributed by atoms with Crippen LogP contribution in [0.5, 0.6) is 5.75 Å². The number of esters is 1. The third kappa shape index (κ3) is 5.37. The van der Waals surface area contributed by atoms with Crippen molar-refractivity contribution in [2.75, 3.05) is 13.2 Å². The summed E-state index contributed by atoms with van der Waals surface area (Å²) in [6.45, 7) is 5.01. The van der Waals surface area contributed by atoms with Crippen molar-refractivity contribution in [2.45, 2.75) is 38.1 Å². The van der Waals surface area contributed by atoms with Gasteiger partial charge in [-0.15, -0.1) is 0 Å². The van der Waals surface area contributed by atoms with Gasteiger partial charge in [-0.25, -0.2) is 18.5 Å². The van der Waals surface area contributed by atoms with Gasteiger partial charge < -0.3 is 14.0 Å². The van der Waals surface area contributed by atoms with Crippen molar-refractivity contribution in [3.63, 3.8) is 0 Å². The Hall–Kier alpha value is -2.91. The highest BCUT2D eigenvalue weighted by atomic mass is 32.2. The molecule has 0 aliphatic heterocycles. The van der Waals surface area contributed by atoms with Gasteiger partial charge in [-0.1, -0.05) is 12.1 Å². The highest BCUT2D eigenvalue weighted by Crippen LogP contribution is 2.21. The molecule has 0 saturated carbocycles. The molecule has 3 aromatic rings. The van der Waals surface area contributed by atoms with Crippen LogP contribution in [0.15, 0.2) is 47.4 Å². The lowest BCUT2D eigenvalue weighted by Gasteiger charge is -2.08. The Labute approximate surface area is 175 Å². The van der Waals surface area contributed by atoms with E-state index in [1.807, 2.05) is 42.7 Å². The molecule has 0 bridgehead atoms. The highest BCUT2D eigenvalue weighted by molar-refractivity contribution is 7.89. The van der Waals surface area contributed by atoms with Crippen LogP contribution in [0.4, 0.5) is 0 Å². The number of aryl methyl sites for hydroxylation is 3. The lowest BCUT2D eigenvalue weighted by molar-refractivity contribution is -0.144. The van der Waals surface area contributed by atoms with Crippen LogP contribution < -0.4 is 9.88 Å². The van der Waals surface area contributed by atoms with E-state index in [0.29, 0.717) is 24.3 Å². The number of nitrogens with zero attached hydrogens (tertiary/aromatic N) is 2. The summed E-state index contributed by atoms with van der Waals surface area (Å²) in [6, 6.07) is 12.2. The molecular weight excluding hydrogens is 406 g/mol. The van der Waals surface area contributed by atoms with Crippen molar-refractivity contribution in [3.05, 3.63) is 53.9 Å². The van der Waals surface area contributed by atoms with Crippen LogP contribution in [0, 0.1) is 6.92 Å². The zero-order chi connectivity index (χ0) is 21.7. The van der Waals surface area contributed by atoms with E-state index in [4.69, 9.17) is 14.6 Å². The number of hydrogen-bond donors (Lipinski definition) is 1. The molecule has 0 radical (unpaired) electrons. The van der Waals surface area contributed by atoms with Gasteiger partial charge in [-0.2, -0.15) is 0 Å². The molecule has 1 heterocycles. The fourth-order valence-electron chi connectivity index (χ4n) is 3.19. The second-order valence-electron chi connectivity index (χ2n) is 6.85. The summed E-state index contributed by atoms with van der Waals surface area (Å²) in [7, 11) is -3.80. The van der Waals surface area contributed by atoms with E-state index in [-0.39, 0.29) is 30.5 Å². The van der Waals surface area contributed by atoms with Gasteiger partial charge in [0.15, 0.2) is 0 Å². The summed E-state index contributed by atoms with van der Waals surface area (Å²) in [5.41, 5.74) is 2.41. The fraction of sp³-hybridized carbons (Fsp3) is 0.333. The summed E-state index contributed by atoms with van der Waals surface area (Å²) in [5.74, 6) is 1.08. The van der Waals surface area contributed by atoms with Crippen molar-refractivity contribution in [1.29, 1.82) is 0 Å². The highest BCUT2D eigenvalue weighted by Gasteiger charge is 2.15. The van der Waals surface area contributed by atoms with Crippen LogP contribution in [0.2, 0.25) is 0 Å². The quantitative estimate of drug-likeness (QED) is 0.411. The molecule has 0 aliphatic carbocycles. The van der Waals surface area contributed by atoms with Gasteiger partial charge in [0.2, 0.25) is 10.0 Å². The zero-order valence-electron chi connectivity index (χ0n) is 17.0. The number of nitrogens with two attached hydrogens (primary N) is 1. The Morgan fingerprint density at radius 1 is 1.17 bits per heavy atom. The van der Waals surface area contributed by atoms with Gasteiger partial charge >= 0.3 is 5.97 Å². The summed E-state index contributed by atoms with van der Waals surface area (Å²) >= 11 is 0. The molecule has 2 N–H and O–H groups in total. The number of primary sulfonamides is 1. The van der Waals surface area contributed by atoms with Crippen LogP contribution >= 0.6 is 0 Å². The third-order valence-electron chi connectivity index (χ3n) is 4.60. The van der Waals surface area contributed by atoms with Crippen LogP contribution in [0.1, 0.15) is 24.7 Å². The number of benzene rings is 2. The number of aromatic nitrogens is 2. The number of imidazole rings is 1. The van der Waals surface area contributed by atoms with Gasteiger partial charge in [-0.3, -0.25) is 4.79 Å². The minimum atomic E-state index is -3.80. The van der Waals surface area contributed by atoms with Crippen LogP contribution in [-0.2, 0) is 32.5 Å². The van der Waals surface area contributed by atoms with E-state index < -0.39 is 10.0 Å². The topological polar surface area (TPSA) is 114 Å². The number of sulfonamides is 1. The van der Waals surface area contributed by atoms with Gasteiger partial charge in [0.25, 0.3) is 0 Å². The number of rotatable bonds is 9. The molecule has 0 spiro atoms. The first-order chi connectivity index (χ1) is 14.3. The molecule has 0 amide bonds. The first-order valence-electron chi connectivity index (χ1n) is 9.65. The maximum absolute atomic E-state index is 12.1. The minimum absolute atomic E-state index is 0.00956. The largest absolute Gasteiger partial charge is 0.490 e. The summed E-state index contributed by atoms with van der Waals surface area (Å²) < 4.78 is 35.8. The molecule has 1 aromatic heterocycles. The van der Waals surface area contributed by atoms with Crippen molar-refractivity contribution in [3.8, 4) is 5.75 Å². The number of hydrogen-bond acceptors (Lipinski definition) is 6. The van der Waals surface area contributed by atoms with Crippen LogP contribution in [0.3, 0.4) is 0 Å². The molecule has 0 unspecified atom stereocenters. The number of ether oxygens (including phenoxy) is 2. The maximum Gasteiger partial charge on any atom is 0.306 e. The van der Waals surface area contributed by atoms with Crippen LogP contribution in [0.25, 0.3) is 11.0 Å². The first kappa shape index (κ1) is 21.8. The molecule has 0 fully saturated rings. The number of fused-ring (bicyclic) bond motifs is 1. The number of carbonyl (C=O) groups is 1. The Bertz CT molecular complexity index is 1150. The van der Waals surface area contributed by atoms with E-state index in [2.05, 4.69) is 4.98 Å². The van der Waals surface area contributed by atoms with Crippen molar-refractivity contribution >= 4 is 27.0 Å².